The Labute approximate surface area is 178 Å². The van der Waals surface area contributed by atoms with Crippen molar-refractivity contribution in [1.82, 2.24) is 15.1 Å². The summed E-state index contributed by atoms with van der Waals surface area (Å²) in [6.07, 6.45) is 8.57. The molecular formula is C23H32N4O3. The van der Waals surface area contributed by atoms with Crippen molar-refractivity contribution in [3.8, 4) is 0 Å². The van der Waals surface area contributed by atoms with E-state index in [9.17, 15) is 14.4 Å². The van der Waals surface area contributed by atoms with Gasteiger partial charge in [-0.25, -0.2) is 9.69 Å². The number of carbonyl (C=O) groups excluding carboxylic acids is 3. The number of rotatable bonds is 4. The lowest BCUT2D eigenvalue weighted by molar-refractivity contribution is -0.134. The van der Waals surface area contributed by atoms with Crippen molar-refractivity contribution >= 4 is 23.5 Å². The van der Waals surface area contributed by atoms with Crippen LogP contribution in [0.2, 0.25) is 0 Å². The summed E-state index contributed by atoms with van der Waals surface area (Å²) in [5.41, 5.74) is 0.0807. The number of hydrogen-bond donors (Lipinski definition) is 2. The molecule has 0 radical (unpaired) electrons. The summed E-state index contributed by atoms with van der Waals surface area (Å²) < 4.78 is 0. The Morgan fingerprint density at radius 3 is 2.47 bits per heavy atom. The molecule has 0 bridgehead atoms. The van der Waals surface area contributed by atoms with Crippen molar-refractivity contribution < 1.29 is 14.4 Å². The molecule has 2 heterocycles. The van der Waals surface area contributed by atoms with Crippen LogP contribution in [-0.2, 0) is 9.59 Å². The molecule has 7 nitrogen and oxygen atoms in total. The SMILES string of the molecule is O=C(Nc1ccccc1)C1CCCN(CN2C(=O)NC3(CCCCCCC3)C2=O)C1. The number of benzene rings is 1. The van der Waals surface area contributed by atoms with E-state index in [1.54, 1.807) is 0 Å². The van der Waals surface area contributed by atoms with Crippen LogP contribution in [0, 0.1) is 5.92 Å². The average Bonchev–Trinajstić information content (AvgIpc) is 2.97. The van der Waals surface area contributed by atoms with Gasteiger partial charge in [0.25, 0.3) is 5.91 Å². The summed E-state index contributed by atoms with van der Waals surface area (Å²) in [5, 5.41) is 6.00. The van der Waals surface area contributed by atoms with Crippen molar-refractivity contribution in [3.63, 3.8) is 0 Å². The highest BCUT2D eigenvalue weighted by Gasteiger charge is 2.50. The Hall–Kier alpha value is -2.41. The number of nitrogens with zero attached hydrogens (tertiary/aromatic N) is 2. The first kappa shape index (κ1) is 20.8. The standard InChI is InChI=1S/C23H32N4O3/c28-20(24-19-11-5-4-6-12-19)18-10-9-15-26(16-18)17-27-21(29)23(25-22(27)30)13-7-2-1-3-8-14-23/h4-6,11-12,18H,1-3,7-10,13-17H2,(H,24,28)(H,25,30). The average molecular weight is 413 g/mol. The van der Waals surface area contributed by atoms with Gasteiger partial charge < -0.3 is 10.6 Å². The molecular weight excluding hydrogens is 380 g/mol. The minimum absolute atomic E-state index is 0.000381. The second-order valence-electron chi connectivity index (χ2n) is 8.93. The molecule has 2 N–H and O–H groups in total. The fourth-order valence-corrected chi connectivity index (χ4v) is 5.02. The van der Waals surface area contributed by atoms with E-state index in [4.69, 9.17) is 0 Å². The van der Waals surface area contributed by atoms with E-state index in [0.29, 0.717) is 6.54 Å². The summed E-state index contributed by atoms with van der Waals surface area (Å²) in [7, 11) is 0. The summed E-state index contributed by atoms with van der Waals surface area (Å²) in [6, 6.07) is 9.17. The summed E-state index contributed by atoms with van der Waals surface area (Å²) >= 11 is 0. The molecule has 2 aliphatic heterocycles. The van der Waals surface area contributed by atoms with Crippen molar-refractivity contribution in [1.29, 1.82) is 0 Å². The van der Waals surface area contributed by atoms with Crippen molar-refractivity contribution in [2.45, 2.75) is 63.3 Å². The van der Waals surface area contributed by atoms with E-state index in [2.05, 4.69) is 15.5 Å². The number of urea groups is 1. The van der Waals surface area contributed by atoms with Crippen LogP contribution >= 0.6 is 0 Å². The maximum atomic E-state index is 13.2. The summed E-state index contributed by atoms with van der Waals surface area (Å²) in [6.45, 7) is 1.61. The highest BCUT2D eigenvalue weighted by atomic mass is 16.2. The lowest BCUT2D eigenvalue weighted by Gasteiger charge is -2.34. The number of anilines is 1. The Morgan fingerprint density at radius 2 is 1.73 bits per heavy atom. The van der Waals surface area contributed by atoms with Crippen LogP contribution in [0.4, 0.5) is 10.5 Å². The quantitative estimate of drug-likeness (QED) is 0.744. The van der Waals surface area contributed by atoms with Crippen molar-refractivity contribution in [2.75, 3.05) is 25.1 Å². The topological polar surface area (TPSA) is 81.8 Å². The smallest absolute Gasteiger partial charge is 0.326 e. The lowest BCUT2D eigenvalue weighted by atomic mass is 9.84. The van der Waals surface area contributed by atoms with Gasteiger partial charge in [-0.05, 0) is 44.4 Å². The molecule has 0 aromatic heterocycles. The Bertz CT molecular complexity index is 774. The van der Waals surface area contributed by atoms with Gasteiger partial charge in [0.1, 0.15) is 5.54 Å². The molecule has 1 aromatic rings. The van der Waals surface area contributed by atoms with Crippen LogP contribution in [0.3, 0.4) is 0 Å². The van der Waals surface area contributed by atoms with Crippen LogP contribution in [0.25, 0.3) is 0 Å². The molecule has 2 saturated heterocycles. The zero-order valence-corrected chi connectivity index (χ0v) is 17.6. The van der Waals surface area contributed by atoms with E-state index < -0.39 is 5.54 Å². The van der Waals surface area contributed by atoms with Crippen LogP contribution in [0.5, 0.6) is 0 Å². The Morgan fingerprint density at radius 1 is 1.03 bits per heavy atom. The number of hydrogen-bond acceptors (Lipinski definition) is 4. The third kappa shape index (κ3) is 4.51. The van der Waals surface area contributed by atoms with Crippen LogP contribution in [-0.4, -0.2) is 52.9 Å². The second kappa shape index (κ2) is 9.16. The Kier molecular flexibility index (Phi) is 6.37. The fraction of sp³-hybridized carbons (Fsp3) is 0.609. The second-order valence-corrected chi connectivity index (χ2v) is 8.93. The third-order valence-corrected chi connectivity index (χ3v) is 6.71. The van der Waals surface area contributed by atoms with Gasteiger partial charge in [0.05, 0.1) is 12.6 Å². The number of para-hydroxylation sites is 1. The lowest BCUT2D eigenvalue weighted by Crippen LogP contribution is -2.50. The molecule has 4 rings (SSSR count). The van der Waals surface area contributed by atoms with E-state index in [1.165, 1.54) is 11.3 Å². The van der Waals surface area contributed by atoms with E-state index >= 15 is 0 Å². The molecule has 1 aliphatic carbocycles. The van der Waals surface area contributed by atoms with Gasteiger partial charge in [0, 0.05) is 12.2 Å². The first-order valence-corrected chi connectivity index (χ1v) is 11.3. The summed E-state index contributed by atoms with van der Waals surface area (Å²) in [5.74, 6) is -0.222. The molecule has 1 saturated carbocycles. The molecule has 162 valence electrons. The number of likely N-dealkylation sites (tertiary alicyclic amines) is 1. The molecule has 1 spiro atoms. The largest absolute Gasteiger partial charge is 0.326 e. The minimum Gasteiger partial charge on any atom is -0.326 e. The molecule has 4 amide bonds. The number of nitrogens with one attached hydrogen (secondary N) is 2. The van der Waals surface area contributed by atoms with Gasteiger partial charge in [0.15, 0.2) is 0 Å². The molecule has 1 aromatic carbocycles. The molecule has 7 heteroatoms. The third-order valence-electron chi connectivity index (χ3n) is 6.71. The molecule has 3 aliphatic rings. The van der Waals surface area contributed by atoms with Gasteiger partial charge >= 0.3 is 6.03 Å². The molecule has 1 atom stereocenters. The number of amides is 4. The molecule has 1 unspecified atom stereocenters. The first-order chi connectivity index (χ1) is 14.6. The van der Waals surface area contributed by atoms with E-state index in [1.807, 2.05) is 30.3 Å². The van der Waals surface area contributed by atoms with Crippen molar-refractivity contribution in [3.05, 3.63) is 30.3 Å². The minimum atomic E-state index is -0.711. The van der Waals surface area contributed by atoms with Crippen molar-refractivity contribution in [2.24, 2.45) is 5.92 Å². The van der Waals surface area contributed by atoms with Crippen LogP contribution in [0.1, 0.15) is 57.8 Å². The number of imide groups is 1. The van der Waals surface area contributed by atoms with Gasteiger partial charge in [-0.2, -0.15) is 0 Å². The van der Waals surface area contributed by atoms with Crippen LogP contribution < -0.4 is 10.6 Å². The predicted octanol–water partition coefficient (Wildman–Crippen LogP) is 3.33. The fourth-order valence-electron chi connectivity index (χ4n) is 5.02. The Balaban J connectivity index is 1.37. The van der Waals surface area contributed by atoms with E-state index in [-0.39, 0.29) is 30.4 Å². The number of piperidine rings is 1. The first-order valence-electron chi connectivity index (χ1n) is 11.3. The maximum absolute atomic E-state index is 13.2. The van der Waals surface area contributed by atoms with E-state index in [0.717, 1.165) is 63.6 Å². The monoisotopic (exact) mass is 412 g/mol. The molecule has 30 heavy (non-hydrogen) atoms. The van der Waals surface area contributed by atoms with Gasteiger partial charge in [-0.1, -0.05) is 50.3 Å². The van der Waals surface area contributed by atoms with Gasteiger partial charge in [-0.3, -0.25) is 14.5 Å². The zero-order chi connectivity index (χ0) is 21.0. The maximum Gasteiger partial charge on any atom is 0.326 e. The summed E-state index contributed by atoms with van der Waals surface area (Å²) in [4.78, 5) is 42.0. The highest BCUT2D eigenvalue weighted by Crippen LogP contribution is 2.32. The predicted molar refractivity (Wildman–Crippen MR) is 115 cm³/mol. The highest BCUT2D eigenvalue weighted by molar-refractivity contribution is 6.07. The van der Waals surface area contributed by atoms with Gasteiger partial charge in [0.2, 0.25) is 5.91 Å². The normalized spacial score (nSPS) is 24.9. The van der Waals surface area contributed by atoms with Crippen LogP contribution in [0.15, 0.2) is 30.3 Å². The number of carbonyl (C=O) groups is 3. The zero-order valence-electron chi connectivity index (χ0n) is 17.6. The molecule has 3 fully saturated rings. The van der Waals surface area contributed by atoms with Gasteiger partial charge in [-0.15, -0.1) is 0 Å².